The second-order valence-corrected chi connectivity index (χ2v) is 6.12. The van der Waals surface area contributed by atoms with Gasteiger partial charge in [-0.25, -0.2) is 17.6 Å². The zero-order chi connectivity index (χ0) is 18.3. The minimum absolute atomic E-state index is 0.0597. The third-order valence-electron chi connectivity index (χ3n) is 4.20. The highest BCUT2D eigenvalue weighted by molar-refractivity contribution is 7.71. The van der Waals surface area contributed by atoms with Gasteiger partial charge in [0.2, 0.25) is 0 Å². The Morgan fingerprint density at radius 2 is 1.96 bits per heavy atom. The number of benzene rings is 1. The van der Waals surface area contributed by atoms with Gasteiger partial charge in [0.15, 0.2) is 28.0 Å². The van der Waals surface area contributed by atoms with Gasteiger partial charge in [0.05, 0.1) is 13.0 Å². The van der Waals surface area contributed by atoms with E-state index in [1.54, 1.807) is 11.5 Å². The number of esters is 1. The summed E-state index contributed by atoms with van der Waals surface area (Å²) in [5.41, 5.74) is 0.410. The Morgan fingerprint density at radius 1 is 1.32 bits per heavy atom. The first-order valence-corrected chi connectivity index (χ1v) is 8.03. The van der Waals surface area contributed by atoms with Crippen LogP contribution in [0.5, 0.6) is 0 Å². The molecule has 1 aromatic heterocycles. The first-order valence-electron chi connectivity index (χ1n) is 7.62. The van der Waals surface area contributed by atoms with E-state index in [4.69, 9.17) is 17.0 Å². The number of carbonyl (C=O) groups is 1. The van der Waals surface area contributed by atoms with E-state index in [0.717, 1.165) is 0 Å². The Morgan fingerprint density at radius 3 is 2.56 bits per heavy atom. The molecule has 0 unspecified atom stereocenters. The molecule has 9 heteroatoms. The smallest absolute Gasteiger partial charge is 0.311 e. The van der Waals surface area contributed by atoms with Gasteiger partial charge in [-0.2, -0.15) is 0 Å². The van der Waals surface area contributed by atoms with Crippen molar-refractivity contribution in [3.05, 3.63) is 51.1 Å². The molecule has 2 aromatic rings. The molecular weight excluding hydrogens is 360 g/mol. The summed E-state index contributed by atoms with van der Waals surface area (Å²) in [6.07, 6.45) is 0.0214. The molecule has 25 heavy (non-hydrogen) atoms. The third-order valence-corrected chi connectivity index (χ3v) is 4.52. The highest BCUT2D eigenvalue weighted by Crippen LogP contribution is 2.36. The van der Waals surface area contributed by atoms with Crippen molar-refractivity contribution >= 4 is 18.2 Å². The van der Waals surface area contributed by atoms with Crippen LogP contribution in [0, 0.1) is 28.0 Å². The number of halogens is 4. The molecule has 0 spiro atoms. The van der Waals surface area contributed by atoms with E-state index in [0.29, 0.717) is 11.4 Å². The maximum absolute atomic E-state index is 14.0. The topological polar surface area (TPSA) is 47.0 Å². The van der Waals surface area contributed by atoms with Crippen LogP contribution in [0.4, 0.5) is 17.6 Å². The summed E-state index contributed by atoms with van der Waals surface area (Å²) in [6.45, 7) is 1.95. The molecule has 1 atom stereocenters. The Kier molecular flexibility index (Phi) is 4.68. The van der Waals surface area contributed by atoms with Crippen molar-refractivity contribution in [2.24, 2.45) is 0 Å². The molecule has 0 bridgehead atoms. The summed E-state index contributed by atoms with van der Waals surface area (Å²) in [5, 5.41) is 0. The largest absolute Gasteiger partial charge is 0.466 e. The highest BCUT2D eigenvalue weighted by atomic mass is 32.1. The summed E-state index contributed by atoms with van der Waals surface area (Å²) in [7, 11) is 0. The lowest BCUT2D eigenvalue weighted by Gasteiger charge is -2.13. The molecule has 2 heterocycles. The van der Waals surface area contributed by atoms with E-state index in [1.807, 2.05) is 0 Å². The van der Waals surface area contributed by atoms with E-state index < -0.39 is 40.7 Å². The van der Waals surface area contributed by atoms with Crippen molar-refractivity contribution in [2.75, 3.05) is 6.61 Å². The number of hydrogen-bond acceptors (Lipinski definition) is 3. The lowest BCUT2D eigenvalue weighted by Crippen LogP contribution is -2.11. The van der Waals surface area contributed by atoms with Gasteiger partial charge in [-0.05, 0) is 25.6 Å². The minimum Gasteiger partial charge on any atom is -0.466 e. The van der Waals surface area contributed by atoms with Gasteiger partial charge in [-0.1, -0.05) is 0 Å². The highest BCUT2D eigenvalue weighted by Gasteiger charge is 2.33. The summed E-state index contributed by atoms with van der Waals surface area (Å²) < 4.78 is 61.7. The fraction of sp³-hybridized carbons (Fsp3) is 0.375. The fourth-order valence-electron chi connectivity index (χ4n) is 3.15. The Labute approximate surface area is 145 Å². The molecule has 1 N–H and O–H groups in total. The Hall–Kier alpha value is -2.16. The molecule has 0 saturated carbocycles. The van der Waals surface area contributed by atoms with Gasteiger partial charge in [0.25, 0.3) is 0 Å². The molecular formula is C16H14F4N2O2S. The third kappa shape index (κ3) is 3.08. The second kappa shape index (κ2) is 6.62. The van der Waals surface area contributed by atoms with Crippen LogP contribution < -0.4 is 0 Å². The minimum atomic E-state index is -1.44. The van der Waals surface area contributed by atoms with Crippen LogP contribution in [-0.2, 0) is 28.9 Å². The van der Waals surface area contributed by atoms with Crippen LogP contribution in [0.1, 0.15) is 29.8 Å². The number of imidazole rings is 1. The van der Waals surface area contributed by atoms with Crippen LogP contribution in [0.25, 0.3) is 0 Å². The molecule has 134 valence electrons. The van der Waals surface area contributed by atoms with Crippen molar-refractivity contribution in [2.45, 2.75) is 32.2 Å². The van der Waals surface area contributed by atoms with Crippen molar-refractivity contribution < 1.29 is 27.1 Å². The summed E-state index contributed by atoms with van der Waals surface area (Å²) in [5.74, 6) is -6.99. The zero-order valence-electron chi connectivity index (χ0n) is 13.2. The number of carbonyl (C=O) groups excluding carboxylic acids is 1. The average Bonchev–Trinajstić information content (AvgIpc) is 3.08. The predicted molar refractivity (Wildman–Crippen MR) is 82.7 cm³/mol. The lowest BCUT2D eigenvalue weighted by molar-refractivity contribution is -0.142. The molecule has 0 aliphatic carbocycles. The molecule has 3 rings (SSSR count). The van der Waals surface area contributed by atoms with E-state index in [2.05, 4.69) is 4.98 Å². The van der Waals surface area contributed by atoms with Crippen molar-refractivity contribution in [1.29, 1.82) is 0 Å². The average molecular weight is 374 g/mol. The van der Waals surface area contributed by atoms with E-state index in [-0.39, 0.29) is 36.8 Å². The van der Waals surface area contributed by atoms with Gasteiger partial charge in [-0.15, -0.1) is 0 Å². The molecule has 0 saturated heterocycles. The zero-order valence-corrected chi connectivity index (χ0v) is 14.0. The molecule has 0 fully saturated rings. The maximum Gasteiger partial charge on any atom is 0.311 e. The van der Waals surface area contributed by atoms with E-state index in [1.165, 1.54) is 0 Å². The maximum atomic E-state index is 14.0. The van der Waals surface area contributed by atoms with Crippen LogP contribution in [-0.4, -0.2) is 22.1 Å². The quantitative estimate of drug-likeness (QED) is 0.385. The van der Waals surface area contributed by atoms with Crippen molar-refractivity contribution in [1.82, 2.24) is 9.55 Å². The predicted octanol–water partition coefficient (Wildman–Crippen LogP) is 3.55. The number of nitrogens with zero attached hydrogens (tertiary/aromatic N) is 1. The number of rotatable bonds is 4. The lowest BCUT2D eigenvalue weighted by atomic mass is 9.94. The number of fused-ring (bicyclic) bond motifs is 1. The normalized spacial score (nSPS) is 16.1. The Bertz CT molecular complexity index is 880. The van der Waals surface area contributed by atoms with Gasteiger partial charge in [0, 0.05) is 35.5 Å². The summed E-state index contributed by atoms with van der Waals surface area (Å²) in [6, 6.07) is 0.182. The van der Waals surface area contributed by atoms with E-state index in [9.17, 15) is 22.4 Å². The van der Waals surface area contributed by atoms with Crippen molar-refractivity contribution in [3.8, 4) is 0 Å². The first-order chi connectivity index (χ1) is 11.8. The Balaban J connectivity index is 1.95. The molecule has 1 aliphatic rings. The van der Waals surface area contributed by atoms with Crippen molar-refractivity contribution in [3.63, 3.8) is 0 Å². The van der Waals surface area contributed by atoms with Gasteiger partial charge in [-0.3, -0.25) is 4.79 Å². The standard InChI is InChI=1S/C16H14F4N2O2S/c1-2-24-12(23)5-10-11-3-7(6-22(11)16(25)21-10)13-14(19)8(17)4-9(18)15(13)20/h4,7H,2-3,5-6H2,1H3,(H,21,25)/t7-/m0/s1. The monoisotopic (exact) mass is 374 g/mol. The number of H-pyrrole nitrogens is 1. The van der Waals surface area contributed by atoms with Gasteiger partial charge in [0.1, 0.15) is 0 Å². The van der Waals surface area contributed by atoms with Crippen LogP contribution in [0.3, 0.4) is 0 Å². The second-order valence-electron chi connectivity index (χ2n) is 5.73. The molecule has 1 aromatic carbocycles. The number of aromatic nitrogens is 2. The van der Waals surface area contributed by atoms with Crippen LogP contribution in [0.2, 0.25) is 0 Å². The van der Waals surface area contributed by atoms with E-state index >= 15 is 0 Å². The van der Waals surface area contributed by atoms with Crippen LogP contribution in [0.15, 0.2) is 6.07 Å². The van der Waals surface area contributed by atoms with Crippen LogP contribution >= 0.6 is 12.2 Å². The molecule has 0 amide bonds. The number of nitrogens with one attached hydrogen (secondary N) is 1. The molecule has 1 aliphatic heterocycles. The van der Waals surface area contributed by atoms with Gasteiger partial charge < -0.3 is 14.3 Å². The number of ether oxygens (including phenoxy) is 1. The molecule has 4 nitrogen and oxygen atoms in total. The number of aromatic amines is 1. The fourth-order valence-corrected chi connectivity index (χ4v) is 3.45. The first kappa shape index (κ1) is 17.7. The summed E-state index contributed by atoms with van der Waals surface area (Å²) in [4.78, 5) is 14.5. The molecule has 0 radical (unpaired) electrons. The summed E-state index contributed by atoms with van der Waals surface area (Å²) >= 11 is 5.16. The SMILES string of the molecule is CCOC(=O)Cc1[nH]c(=S)n2c1C[C@H](c1c(F)c(F)cc(F)c1F)C2. The van der Waals surface area contributed by atoms with Gasteiger partial charge >= 0.3 is 5.97 Å². The number of hydrogen-bond donors (Lipinski definition) is 1.